The largest absolute Gasteiger partial charge is 0.416 e. The van der Waals surface area contributed by atoms with Gasteiger partial charge >= 0.3 is 6.18 Å². The fraction of sp³-hybridized carbons (Fsp3) is 0.333. The first-order valence-corrected chi connectivity index (χ1v) is 11.9. The molecule has 2 rings (SSSR count). The van der Waals surface area contributed by atoms with Gasteiger partial charge in [0.25, 0.3) is 0 Å². The van der Waals surface area contributed by atoms with Gasteiger partial charge in [0.2, 0.25) is 0 Å². The van der Waals surface area contributed by atoms with Crippen LogP contribution in [0.15, 0.2) is 96.4 Å². The van der Waals surface area contributed by atoms with Gasteiger partial charge in [0, 0.05) is 11.7 Å². The Labute approximate surface area is 224 Å². The number of nitrogens with two attached hydrogens (primary N) is 1. The normalized spacial score (nSPS) is 14.9. The van der Waals surface area contributed by atoms with Crippen molar-refractivity contribution >= 4 is 5.69 Å². The van der Waals surface area contributed by atoms with Crippen LogP contribution >= 0.6 is 0 Å². The number of hydrogen-bond acceptors (Lipinski definition) is 4. The van der Waals surface area contributed by atoms with E-state index in [9.17, 15) is 17.6 Å². The molecule has 1 aromatic rings. The number of aliphatic hydroxyl groups excluding tert-OH is 1. The highest BCUT2D eigenvalue weighted by atomic mass is 19.4. The maximum absolute atomic E-state index is 12.9. The zero-order valence-electron chi connectivity index (χ0n) is 22.5. The zero-order valence-corrected chi connectivity index (χ0v) is 22.5. The van der Waals surface area contributed by atoms with Crippen LogP contribution in [0.4, 0.5) is 23.2 Å². The number of alkyl halides is 3. The predicted octanol–water partition coefficient (Wildman–Crippen LogP) is 7.20. The van der Waals surface area contributed by atoms with E-state index >= 15 is 0 Å². The van der Waals surface area contributed by atoms with Crippen molar-refractivity contribution in [1.29, 1.82) is 0 Å². The molecule has 0 fully saturated rings. The molecular weight excluding hydrogens is 494 g/mol. The smallest absolute Gasteiger partial charge is 0.382 e. The molecule has 4 nitrogen and oxygen atoms in total. The van der Waals surface area contributed by atoms with Gasteiger partial charge in [-0.1, -0.05) is 36.0 Å². The Hall–Kier alpha value is -3.54. The summed E-state index contributed by atoms with van der Waals surface area (Å²) in [5, 5.41) is 10.7. The van der Waals surface area contributed by atoms with Crippen LogP contribution in [0, 0.1) is 18.7 Å². The van der Waals surface area contributed by atoms with E-state index in [-0.39, 0.29) is 11.9 Å². The van der Waals surface area contributed by atoms with Crippen LogP contribution in [0.1, 0.15) is 40.5 Å². The third kappa shape index (κ3) is 11.7. The first-order chi connectivity index (χ1) is 17.8. The summed E-state index contributed by atoms with van der Waals surface area (Å²) in [5.41, 5.74) is 4.79. The molecule has 0 aliphatic heterocycles. The van der Waals surface area contributed by atoms with Crippen molar-refractivity contribution in [2.45, 2.75) is 58.9 Å². The van der Waals surface area contributed by atoms with Crippen LogP contribution in [0.3, 0.4) is 0 Å². The first-order valence-electron chi connectivity index (χ1n) is 11.9. The summed E-state index contributed by atoms with van der Waals surface area (Å²) < 4.78 is 50.0. The second-order valence-corrected chi connectivity index (χ2v) is 8.55. The van der Waals surface area contributed by atoms with Gasteiger partial charge in [0.1, 0.15) is 5.82 Å². The topological polar surface area (TPSA) is 52.7 Å². The zero-order chi connectivity index (χ0) is 29.5. The van der Waals surface area contributed by atoms with Crippen LogP contribution in [0.5, 0.6) is 0 Å². The van der Waals surface area contributed by atoms with Crippen molar-refractivity contribution < 1.29 is 22.7 Å². The Morgan fingerprint density at radius 1 is 1.16 bits per heavy atom. The molecule has 1 aliphatic carbocycles. The minimum atomic E-state index is -4.61. The molecule has 0 aromatic heterocycles. The lowest BCUT2D eigenvalue weighted by molar-refractivity contribution is -0.207. The second kappa shape index (κ2) is 17.1. The van der Waals surface area contributed by atoms with Crippen LogP contribution in [-0.2, 0) is 0 Å². The highest BCUT2D eigenvalue weighted by Crippen LogP contribution is 2.24. The third-order valence-corrected chi connectivity index (χ3v) is 5.65. The molecule has 1 aliphatic rings. The SMILES string of the molecule is C#C.C=CC/C=C(/C)N(CC(O)C(F)(F)F)C(C)C=C.CC1=CCC(C)=C(N(N)c2ccc(F)cc2)C=C1. The van der Waals surface area contributed by atoms with Gasteiger partial charge in [0.15, 0.2) is 6.10 Å². The van der Waals surface area contributed by atoms with E-state index in [0.29, 0.717) is 12.1 Å². The Morgan fingerprint density at radius 3 is 2.24 bits per heavy atom. The van der Waals surface area contributed by atoms with Crippen molar-refractivity contribution in [1.82, 2.24) is 4.90 Å². The summed E-state index contributed by atoms with van der Waals surface area (Å²) in [6, 6.07) is 5.89. The van der Waals surface area contributed by atoms with Gasteiger partial charge in [-0.15, -0.1) is 26.0 Å². The average Bonchev–Trinajstić information content (AvgIpc) is 3.06. The van der Waals surface area contributed by atoms with Crippen molar-refractivity contribution in [2.24, 2.45) is 5.84 Å². The third-order valence-electron chi connectivity index (χ3n) is 5.65. The van der Waals surface area contributed by atoms with Crippen molar-refractivity contribution in [3.05, 3.63) is 102 Å². The fourth-order valence-corrected chi connectivity index (χ4v) is 3.29. The fourth-order valence-electron chi connectivity index (χ4n) is 3.29. The summed E-state index contributed by atoms with van der Waals surface area (Å²) in [6.07, 6.45) is 13.6. The molecule has 1 aromatic carbocycles. The molecule has 8 heteroatoms. The van der Waals surface area contributed by atoms with Gasteiger partial charge in [0.05, 0.1) is 17.9 Å². The summed E-state index contributed by atoms with van der Waals surface area (Å²) in [6.45, 7) is 14.1. The highest BCUT2D eigenvalue weighted by Gasteiger charge is 2.39. The number of allylic oxidation sites excluding steroid dienone is 8. The molecule has 2 atom stereocenters. The van der Waals surface area contributed by atoms with E-state index in [1.165, 1.54) is 34.3 Å². The highest BCUT2D eigenvalue weighted by molar-refractivity contribution is 5.55. The number of hydrogen-bond donors (Lipinski definition) is 2. The van der Waals surface area contributed by atoms with E-state index in [0.717, 1.165) is 17.8 Å². The molecule has 0 radical (unpaired) electrons. The van der Waals surface area contributed by atoms with Crippen LogP contribution < -0.4 is 10.9 Å². The summed E-state index contributed by atoms with van der Waals surface area (Å²) in [4.78, 5) is 1.47. The van der Waals surface area contributed by atoms with Crippen molar-refractivity contribution in [3.63, 3.8) is 0 Å². The van der Waals surface area contributed by atoms with E-state index in [1.807, 2.05) is 12.2 Å². The molecule has 0 bridgehead atoms. The molecular formula is C30H39F4N3O. The summed E-state index contributed by atoms with van der Waals surface area (Å²) in [7, 11) is 0. The minimum Gasteiger partial charge on any atom is -0.382 e. The standard InChI is InChI=1S/C15H17FN2.C13H20F3NO.C2H2/c1-11-3-5-12(2)15(10-4-11)18(17)14-8-6-13(16)7-9-14;1-5-7-8-11(4)17(10(3)6-2)9-12(18)13(14,15)16;1-2/h3-4,6-10H,5,17H2,1-2H3;5-6,8,10,12,18H,1-2,7,9H2,3-4H3;1-2H/b;11-8-;. The minimum absolute atomic E-state index is 0.258. The number of nitrogens with zero attached hydrogens (tertiary/aromatic N) is 2. The lowest BCUT2D eigenvalue weighted by Gasteiger charge is -2.32. The molecule has 0 saturated heterocycles. The quantitative estimate of drug-likeness (QED) is 0.116. The molecule has 208 valence electrons. The average molecular weight is 534 g/mol. The first kappa shape index (κ1) is 34.5. The van der Waals surface area contributed by atoms with Crippen LogP contribution in [0.2, 0.25) is 0 Å². The monoisotopic (exact) mass is 533 g/mol. The Kier molecular flexibility index (Phi) is 15.5. The Balaban J connectivity index is 0.000000676. The Bertz CT molecular complexity index is 1030. The molecule has 0 amide bonds. The van der Waals surface area contributed by atoms with Crippen molar-refractivity contribution in [2.75, 3.05) is 11.6 Å². The van der Waals surface area contributed by atoms with E-state index in [1.54, 1.807) is 43.1 Å². The van der Waals surface area contributed by atoms with Gasteiger partial charge in [-0.25, -0.2) is 10.2 Å². The maximum atomic E-state index is 12.9. The number of benzene rings is 1. The summed E-state index contributed by atoms with van der Waals surface area (Å²) >= 11 is 0. The van der Waals surface area contributed by atoms with Crippen molar-refractivity contribution in [3.8, 4) is 12.8 Å². The number of aliphatic hydroxyl groups is 1. The molecule has 0 saturated carbocycles. The number of anilines is 1. The van der Waals surface area contributed by atoms with E-state index in [4.69, 9.17) is 10.9 Å². The van der Waals surface area contributed by atoms with Gasteiger partial charge in [-0.2, -0.15) is 13.2 Å². The van der Waals surface area contributed by atoms with Crippen LogP contribution in [0.25, 0.3) is 0 Å². The van der Waals surface area contributed by atoms with E-state index < -0.39 is 18.8 Å². The number of rotatable bonds is 9. The predicted molar refractivity (Wildman–Crippen MR) is 150 cm³/mol. The van der Waals surface area contributed by atoms with Gasteiger partial charge < -0.3 is 10.0 Å². The molecule has 38 heavy (non-hydrogen) atoms. The number of terminal acetylenes is 1. The molecule has 3 N–H and O–H groups in total. The van der Waals surface area contributed by atoms with Gasteiger partial charge in [-0.05, 0) is 76.5 Å². The maximum Gasteiger partial charge on any atom is 0.416 e. The molecule has 0 spiro atoms. The van der Waals surface area contributed by atoms with Gasteiger partial charge in [-0.3, -0.25) is 5.01 Å². The second-order valence-electron chi connectivity index (χ2n) is 8.55. The van der Waals surface area contributed by atoms with E-state index in [2.05, 4.69) is 45.9 Å². The number of hydrazine groups is 1. The molecule has 2 unspecified atom stereocenters. The Morgan fingerprint density at radius 2 is 1.74 bits per heavy atom. The summed E-state index contributed by atoms with van der Waals surface area (Å²) in [5.74, 6) is 5.85. The lowest BCUT2D eigenvalue weighted by atomic mass is 10.1. The molecule has 0 heterocycles. The lowest BCUT2D eigenvalue weighted by Crippen LogP contribution is -2.43. The van der Waals surface area contributed by atoms with Crippen LogP contribution in [-0.4, -0.2) is 34.9 Å². The number of halogens is 4.